The van der Waals surface area contributed by atoms with E-state index in [9.17, 15) is 0 Å². The normalized spacial score (nSPS) is 22.4. The van der Waals surface area contributed by atoms with E-state index in [0.29, 0.717) is 0 Å². The highest BCUT2D eigenvalue weighted by Crippen LogP contribution is 2.63. The molecule has 1 aromatic heterocycles. The molecule has 0 bridgehead atoms. The second kappa shape index (κ2) is 13.2. The molecule has 3 aliphatic heterocycles. The Labute approximate surface area is 393 Å². The van der Waals surface area contributed by atoms with Crippen LogP contribution in [-0.2, 0) is 27.1 Å². The first-order valence-corrected chi connectivity index (χ1v) is 25.6. The molecule has 4 heterocycles. The Morgan fingerprint density at radius 3 is 1.92 bits per heavy atom. The average molecular weight is 871 g/mol. The third-order valence-corrected chi connectivity index (χ3v) is 18.9. The van der Waals surface area contributed by atoms with E-state index in [0.717, 1.165) is 0 Å². The van der Waals surface area contributed by atoms with Crippen LogP contribution in [0.15, 0.2) is 97.1 Å². The molecule has 0 saturated heterocycles. The number of aryl methyl sites for hydroxylation is 1. The summed E-state index contributed by atoms with van der Waals surface area (Å²) in [5.74, 6) is 0. The molecule has 1 fully saturated rings. The molecule has 12 rings (SSSR count). The number of benzene rings is 6. The molecule has 7 aromatic rings. The zero-order chi connectivity index (χ0) is 45.5. The number of anilines is 4. The maximum atomic E-state index is 2.91. The van der Waals surface area contributed by atoms with Crippen LogP contribution in [0, 0.1) is 6.92 Å². The molecule has 0 amide bonds. The predicted molar refractivity (Wildman–Crippen MR) is 284 cm³/mol. The van der Waals surface area contributed by atoms with Gasteiger partial charge in [0.1, 0.15) is 0 Å². The van der Waals surface area contributed by atoms with Crippen molar-refractivity contribution in [2.75, 3.05) is 9.71 Å². The van der Waals surface area contributed by atoms with Gasteiger partial charge in [0.2, 0.25) is 0 Å². The van der Waals surface area contributed by atoms with Crippen LogP contribution in [0.5, 0.6) is 0 Å². The summed E-state index contributed by atoms with van der Waals surface area (Å²) in [5.41, 5.74) is 22.9. The van der Waals surface area contributed by atoms with Crippen molar-refractivity contribution in [2.45, 2.75) is 161 Å². The van der Waals surface area contributed by atoms with Gasteiger partial charge in [0.25, 0.3) is 0 Å². The summed E-state index contributed by atoms with van der Waals surface area (Å²) in [7, 11) is 0. The summed E-state index contributed by atoms with van der Waals surface area (Å²) in [6.45, 7) is 31.8. The van der Waals surface area contributed by atoms with Crippen molar-refractivity contribution >= 4 is 72.0 Å². The summed E-state index contributed by atoms with van der Waals surface area (Å²) in [6.07, 6.45) is 7.40. The molecular formula is C61H67BN2S. The van der Waals surface area contributed by atoms with Gasteiger partial charge in [-0.15, -0.1) is 11.3 Å². The van der Waals surface area contributed by atoms with Crippen molar-refractivity contribution in [1.29, 1.82) is 0 Å². The molecule has 2 aliphatic carbocycles. The monoisotopic (exact) mass is 871 g/mol. The Morgan fingerprint density at radius 1 is 0.554 bits per heavy atom. The van der Waals surface area contributed by atoms with Gasteiger partial charge in [0.05, 0.1) is 5.54 Å². The molecule has 2 unspecified atom stereocenters. The first-order valence-electron chi connectivity index (χ1n) is 24.8. The van der Waals surface area contributed by atoms with E-state index in [-0.39, 0.29) is 39.5 Å². The summed E-state index contributed by atoms with van der Waals surface area (Å²) in [6, 6.07) is 39.6. The minimum atomic E-state index is -0.0345. The molecule has 6 aromatic carbocycles. The number of hydrogen-bond acceptors (Lipinski definition) is 3. The van der Waals surface area contributed by atoms with Gasteiger partial charge in [0.15, 0.2) is 0 Å². The Balaban J connectivity index is 1.23. The average Bonchev–Trinajstić information content (AvgIpc) is 3.71. The molecule has 5 aliphatic rings. The highest BCUT2D eigenvalue weighted by molar-refractivity contribution is 7.25. The van der Waals surface area contributed by atoms with Gasteiger partial charge in [-0.25, -0.2) is 0 Å². The van der Waals surface area contributed by atoms with Crippen molar-refractivity contribution in [3.8, 4) is 22.3 Å². The Morgan fingerprint density at radius 2 is 1.22 bits per heavy atom. The smallest absolute Gasteiger partial charge is 0.333 e. The van der Waals surface area contributed by atoms with Crippen LogP contribution >= 0.6 is 11.3 Å². The zero-order valence-corrected chi connectivity index (χ0v) is 42.2. The minimum Gasteiger partial charge on any atom is -0.376 e. The van der Waals surface area contributed by atoms with Gasteiger partial charge in [-0.1, -0.05) is 144 Å². The number of hydrogen-bond donors (Lipinski definition) is 0. The molecule has 330 valence electrons. The summed E-state index contributed by atoms with van der Waals surface area (Å²) >= 11 is 2.00. The van der Waals surface area contributed by atoms with Gasteiger partial charge in [-0.3, -0.25) is 0 Å². The number of thiophene rings is 1. The SMILES string of the molecule is Cc1cc2c3c(c1)N1c4c(cc(C(C)(C)C)cc4C4(C)CCCCC14C)B3N(c1ccc(C(C)(C)C)cc1-c1ccccc1)c1cc3sc4cc5c(cc4c3cc1-2)C(C)(C)CCC5(C)C. The first-order chi connectivity index (χ1) is 30.6. The summed E-state index contributed by atoms with van der Waals surface area (Å²) in [4.78, 5) is 5.74. The van der Waals surface area contributed by atoms with Crippen LogP contribution in [0.3, 0.4) is 0 Å². The van der Waals surface area contributed by atoms with Gasteiger partial charge in [-0.05, 0) is 159 Å². The van der Waals surface area contributed by atoms with E-state index in [1.165, 1.54) is 131 Å². The lowest BCUT2D eigenvalue weighted by atomic mass is 9.43. The highest BCUT2D eigenvalue weighted by atomic mass is 32.1. The van der Waals surface area contributed by atoms with Crippen LogP contribution in [-0.4, -0.2) is 12.4 Å². The third-order valence-electron chi connectivity index (χ3n) is 17.8. The van der Waals surface area contributed by atoms with E-state index in [1.807, 2.05) is 11.3 Å². The lowest BCUT2D eigenvalue weighted by Gasteiger charge is -2.53. The predicted octanol–water partition coefficient (Wildman–Crippen LogP) is 16.0. The summed E-state index contributed by atoms with van der Waals surface area (Å²) < 4.78 is 2.79. The van der Waals surface area contributed by atoms with E-state index in [4.69, 9.17) is 0 Å². The van der Waals surface area contributed by atoms with Crippen LogP contribution in [0.2, 0.25) is 0 Å². The maximum absolute atomic E-state index is 2.91. The quantitative estimate of drug-likeness (QED) is 0.160. The molecule has 2 atom stereocenters. The maximum Gasteiger partial charge on any atom is 0.333 e. The fraction of sp³-hybridized carbons (Fsp3) is 0.410. The molecule has 0 N–H and O–H groups in total. The molecule has 0 radical (unpaired) electrons. The van der Waals surface area contributed by atoms with Crippen LogP contribution < -0.4 is 20.6 Å². The fourth-order valence-corrected chi connectivity index (χ4v) is 14.7. The minimum absolute atomic E-state index is 0.000909. The van der Waals surface area contributed by atoms with Gasteiger partial charge in [0, 0.05) is 59.5 Å². The van der Waals surface area contributed by atoms with Crippen molar-refractivity contribution in [1.82, 2.24) is 0 Å². The number of nitrogens with zero attached hydrogens (tertiary/aromatic N) is 2. The molecule has 65 heavy (non-hydrogen) atoms. The second-order valence-corrected chi connectivity index (χ2v) is 25.9. The second-order valence-electron chi connectivity index (χ2n) is 24.9. The molecule has 2 nitrogen and oxygen atoms in total. The number of fused-ring (bicyclic) bond motifs is 11. The van der Waals surface area contributed by atoms with Crippen LogP contribution in [0.4, 0.5) is 22.7 Å². The number of rotatable bonds is 2. The molecular weight excluding hydrogens is 804 g/mol. The van der Waals surface area contributed by atoms with E-state index >= 15 is 0 Å². The largest absolute Gasteiger partial charge is 0.376 e. The Kier molecular flexibility index (Phi) is 8.46. The summed E-state index contributed by atoms with van der Waals surface area (Å²) in [5, 5.41) is 2.81. The fourth-order valence-electron chi connectivity index (χ4n) is 13.5. The van der Waals surface area contributed by atoms with Crippen molar-refractivity contribution in [3.05, 3.63) is 130 Å². The standard InChI is InChI=1S/C61H67BN2S/c1-36-27-44-41-32-42-43-33-45-46(59(10,11)26-25-58(45,8)9)34-52(43)65-53(42)35-50(41)64(49-22-21-38(56(2,3)4)29-40(49)37-19-15-14-16-20-37)62-48-31-39(57(5,6)7)30-47-55(48)63(51(28-36)54(44)62)61(13)24-18-17-23-60(47,61)12/h14-16,19-22,27-35H,17-18,23-26H2,1-13H3. The van der Waals surface area contributed by atoms with Gasteiger partial charge in [-0.2, -0.15) is 0 Å². The van der Waals surface area contributed by atoms with E-state index < -0.39 is 0 Å². The first kappa shape index (κ1) is 41.6. The lowest BCUT2D eigenvalue weighted by molar-refractivity contribution is 0.195. The van der Waals surface area contributed by atoms with Gasteiger partial charge >= 0.3 is 6.85 Å². The van der Waals surface area contributed by atoms with E-state index in [2.05, 4.69) is 197 Å². The highest BCUT2D eigenvalue weighted by Gasteiger charge is 2.62. The van der Waals surface area contributed by atoms with Gasteiger partial charge < -0.3 is 9.71 Å². The Bertz CT molecular complexity index is 3190. The lowest BCUT2D eigenvalue weighted by Crippen LogP contribution is -2.64. The molecule has 1 saturated carbocycles. The molecule has 0 spiro atoms. The van der Waals surface area contributed by atoms with Crippen molar-refractivity contribution in [2.24, 2.45) is 0 Å². The third kappa shape index (κ3) is 5.65. The van der Waals surface area contributed by atoms with Crippen LogP contribution in [0.25, 0.3) is 42.4 Å². The van der Waals surface area contributed by atoms with E-state index in [1.54, 1.807) is 16.7 Å². The zero-order valence-electron chi connectivity index (χ0n) is 41.4. The van der Waals surface area contributed by atoms with Crippen LogP contribution in [0.1, 0.15) is 155 Å². The topological polar surface area (TPSA) is 6.48 Å². The van der Waals surface area contributed by atoms with Crippen molar-refractivity contribution < 1.29 is 0 Å². The Hall–Kier alpha value is -4.80. The molecule has 4 heteroatoms. The van der Waals surface area contributed by atoms with Crippen molar-refractivity contribution in [3.63, 3.8) is 0 Å².